The summed E-state index contributed by atoms with van der Waals surface area (Å²) in [6.45, 7) is 21.7. The molecule has 3 rings (SSSR count). The number of hydrogen-bond acceptors (Lipinski definition) is 7. The predicted octanol–water partition coefficient (Wildman–Crippen LogP) is 5.78. The van der Waals surface area contributed by atoms with Gasteiger partial charge in [0.1, 0.15) is 4.88 Å². The lowest BCUT2D eigenvalue weighted by atomic mass is 10.1. The molecule has 1 aliphatic rings. The van der Waals surface area contributed by atoms with Crippen molar-refractivity contribution in [2.45, 2.75) is 55.4 Å². The average molecular weight is 543 g/mol. The van der Waals surface area contributed by atoms with Crippen molar-refractivity contribution < 1.29 is 9.37 Å². The number of rotatable bonds is 11. The van der Waals surface area contributed by atoms with Crippen LogP contribution in [0, 0.1) is 6.92 Å². The average Bonchev–Trinajstić information content (AvgIpc) is 3.47. The maximum Gasteiger partial charge on any atom is 0.361 e. The molecule has 0 radical (unpaired) electrons. The van der Waals surface area contributed by atoms with Crippen molar-refractivity contribution in [2.24, 2.45) is 9.98 Å². The molecule has 8 nitrogen and oxygen atoms in total. The van der Waals surface area contributed by atoms with Crippen LogP contribution in [-0.4, -0.2) is 70.7 Å². The van der Waals surface area contributed by atoms with Gasteiger partial charge in [-0.15, -0.1) is 0 Å². The van der Waals surface area contributed by atoms with Crippen LogP contribution in [-0.2, 0) is 4.79 Å². The van der Waals surface area contributed by atoms with Crippen molar-refractivity contribution in [1.29, 1.82) is 0 Å². The fourth-order valence-electron chi connectivity index (χ4n) is 4.16. The van der Waals surface area contributed by atoms with E-state index in [0.29, 0.717) is 5.82 Å². The first-order valence-corrected chi connectivity index (χ1v) is 14.8. The van der Waals surface area contributed by atoms with Crippen molar-refractivity contribution in [3.05, 3.63) is 28.6 Å². The molecule has 2 heterocycles. The Kier molecular flexibility index (Phi) is 10.3. The molecule has 0 atom stereocenters. The number of amides is 1. The van der Waals surface area contributed by atoms with Gasteiger partial charge in [0.2, 0.25) is 11.6 Å². The molecule has 10 heteroatoms. The number of carbonyl (C=O) groups excluding carboxylic acids is 1. The van der Waals surface area contributed by atoms with Gasteiger partial charge in [-0.2, -0.15) is 0 Å². The molecule has 0 saturated carbocycles. The van der Waals surface area contributed by atoms with Gasteiger partial charge in [0.05, 0.1) is 18.8 Å². The van der Waals surface area contributed by atoms with Gasteiger partial charge in [0, 0.05) is 50.6 Å². The van der Waals surface area contributed by atoms with E-state index in [9.17, 15) is 4.79 Å². The van der Waals surface area contributed by atoms with Gasteiger partial charge in [0.25, 0.3) is 0 Å². The minimum Gasteiger partial charge on any atom is -0.372 e. The Hall–Kier alpha value is -2.72. The molecule has 1 aliphatic heterocycles. The van der Waals surface area contributed by atoms with Crippen LogP contribution in [0.3, 0.4) is 0 Å². The molecule has 1 aromatic carbocycles. The summed E-state index contributed by atoms with van der Waals surface area (Å²) in [5, 5.41) is 5.54. The number of hydrogen-bond donors (Lipinski definition) is 1. The number of thioether (sulfide) groups is 1. The van der Waals surface area contributed by atoms with E-state index < -0.39 is 0 Å². The molecule has 0 fully saturated rings. The zero-order valence-corrected chi connectivity index (χ0v) is 25.0. The fourth-order valence-corrected chi connectivity index (χ4v) is 6.45. The second-order valence-corrected chi connectivity index (χ2v) is 10.5. The Morgan fingerprint density at radius 1 is 1.03 bits per heavy atom. The van der Waals surface area contributed by atoms with Crippen molar-refractivity contribution in [3.8, 4) is 0 Å². The molecule has 0 aliphatic carbocycles. The lowest BCUT2D eigenvalue weighted by molar-refractivity contribution is -0.518. The Balaban J connectivity index is 2.16. The SMILES string of the molecule is CCN(CC)c1ccc(N=C2SC(=[N+](CC)CC)N=C2c2sc(N(CC)CC)nc2NC(C)=O)c(C)c1. The van der Waals surface area contributed by atoms with Crippen molar-refractivity contribution in [3.63, 3.8) is 0 Å². The number of benzene rings is 1. The van der Waals surface area contributed by atoms with Gasteiger partial charge < -0.3 is 15.1 Å². The molecular weight excluding hydrogens is 502 g/mol. The molecule has 0 saturated heterocycles. The first kappa shape index (κ1) is 28.8. The third kappa shape index (κ3) is 6.59. The summed E-state index contributed by atoms with van der Waals surface area (Å²) in [5.41, 5.74) is 4.00. The van der Waals surface area contributed by atoms with E-state index >= 15 is 0 Å². The van der Waals surface area contributed by atoms with Crippen LogP contribution in [0.15, 0.2) is 28.2 Å². The third-order valence-corrected chi connectivity index (χ3v) is 8.46. The summed E-state index contributed by atoms with van der Waals surface area (Å²) >= 11 is 3.13. The minimum absolute atomic E-state index is 0.154. The lowest BCUT2D eigenvalue weighted by Crippen LogP contribution is -2.21. The maximum atomic E-state index is 12.1. The van der Waals surface area contributed by atoms with Crippen LogP contribution in [0.4, 0.5) is 22.3 Å². The summed E-state index contributed by atoms with van der Waals surface area (Å²) in [5.74, 6) is 0.388. The first-order valence-electron chi connectivity index (χ1n) is 13.2. The summed E-state index contributed by atoms with van der Waals surface area (Å²) in [4.78, 5) is 32.4. The standard InChI is InChI=1S/C27H39N7OS2/c1-9-32(10-2)20-15-16-21(18(7)17-20)29-25-22(30-26(37-25)33(11-3)12-4)23-24(28-19(8)35)31-27(36-23)34(13-5)14-6/h15-17H,9-14H2,1-8H3/p+1. The van der Waals surface area contributed by atoms with Crippen LogP contribution in [0.5, 0.6) is 0 Å². The van der Waals surface area contributed by atoms with Crippen LogP contribution in [0.25, 0.3) is 0 Å². The molecule has 0 spiro atoms. The minimum atomic E-state index is -0.154. The number of nitrogens with zero attached hydrogens (tertiary/aromatic N) is 6. The highest BCUT2D eigenvalue weighted by Crippen LogP contribution is 2.36. The summed E-state index contributed by atoms with van der Waals surface area (Å²) in [7, 11) is 0. The predicted molar refractivity (Wildman–Crippen MR) is 162 cm³/mol. The smallest absolute Gasteiger partial charge is 0.361 e. The van der Waals surface area contributed by atoms with Crippen molar-refractivity contribution >= 4 is 67.3 Å². The van der Waals surface area contributed by atoms with Gasteiger partial charge in [-0.1, -0.05) is 11.3 Å². The maximum absolute atomic E-state index is 12.1. The summed E-state index contributed by atoms with van der Waals surface area (Å²) in [6, 6.07) is 6.43. The summed E-state index contributed by atoms with van der Waals surface area (Å²) < 4.78 is 2.23. The molecule has 0 unspecified atom stereocenters. The number of anilines is 3. The highest BCUT2D eigenvalue weighted by atomic mass is 32.2. The molecule has 200 valence electrons. The first-order chi connectivity index (χ1) is 17.8. The molecular formula is C27H40N7OS2+. The molecule has 1 N–H and O–H groups in total. The number of thiazole rings is 1. The number of carbonyl (C=O) groups is 1. The van der Waals surface area contributed by atoms with E-state index in [1.165, 1.54) is 12.6 Å². The largest absolute Gasteiger partial charge is 0.372 e. The number of aryl methyl sites for hydroxylation is 1. The number of aromatic nitrogens is 1. The highest BCUT2D eigenvalue weighted by Gasteiger charge is 2.37. The van der Waals surface area contributed by atoms with Gasteiger partial charge in [-0.3, -0.25) is 9.37 Å². The quantitative estimate of drug-likeness (QED) is 0.365. The van der Waals surface area contributed by atoms with Crippen LogP contribution >= 0.6 is 23.1 Å². The third-order valence-electron chi connectivity index (χ3n) is 6.32. The van der Waals surface area contributed by atoms with Gasteiger partial charge in [-0.25, -0.2) is 9.98 Å². The normalized spacial score (nSPS) is 14.2. The van der Waals surface area contributed by atoms with Crippen molar-refractivity contribution in [2.75, 3.05) is 54.4 Å². The fraction of sp³-hybridized carbons (Fsp3) is 0.519. The number of aliphatic imine (C=N–C) groups is 2. The zero-order chi connectivity index (χ0) is 27.1. The van der Waals surface area contributed by atoms with E-state index in [1.54, 1.807) is 23.1 Å². The molecule has 1 amide bonds. The van der Waals surface area contributed by atoms with Crippen LogP contribution in [0.1, 0.15) is 58.9 Å². The van der Waals surface area contributed by atoms with Crippen LogP contribution in [0.2, 0.25) is 0 Å². The van der Waals surface area contributed by atoms with Gasteiger partial charge in [0.15, 0.2) is 16.0 Å². The molecule has 37 heavy (non-hydrogen) atoms. The second-order valence-electron chi connectivity index (χ2n) is 8.61. The molecule has 1 aromatic heterocycles. The van der Waals surface area contributed by atoms with Crippen molar-refractivity contribution in [1.82, 2.24) is 4.98 Å². The number of nitrogens with one attached hydrogen (secondary N) is 1. The lowest BCUT2D eigenvalue weighted by Gasteiger charge is -2.21. The van der Waals surface area contributed by atoms with E-state index in [4.69, 9.17) is 15.0 Å². The Labute approximate surface area is 229 Å². The molecule has 0 bridgehead atoms. The Bertz CT molecular complexity index is 1200. The summed E-state index contributed by atoms with van der Waals surface area (Å²) in [6.07, 6.45) is 0. The Morgan fingerprint density at radius 2 is 1.68 bits per heavy atom. The monoisotopic (exact) mass is 542 g/mol. The number of amidine groups is 1. The zero-order valence-electron chi connectivity index (χ0n) is 23.4. The molecule has 2 aromatic rings. The van der Waals surface area contributed by atoms with Gasteiger partial charge >= 0.3 is 5.17 Å². The highest BCUT2D eigenvalue weighted by molar-refractivity contribution is 8.28. The Morgan fingerprint density at radius 3 is 2.22 bits per heavy atom. The van der Waals surface area contributed by atoms with Gasteiger partial charge in [-0.05, 0) is 77.2 Å². The topological polar surface area (TPSA) is 76.2 Å². The second kappa shape index (κ2) is 13.2. The van der Waals surface area contributed by atoms with E-state index in [0.717, 1.165) is 76.5 Å². The van der Waals surface area contributed by atoms with E-state index in [-0.39, 0.29) is 5.91 Å². The van der Waals surface area contributed by atoms with E-state index in [1.807, 2.05) is 0 Å². The van der Waals surface area contributed by atoms with Crippen LogP contribution < -0.4 is 15.1 Å². The van der Waals surface area contributed by atoms with E-state index in [2.05, 4.69) is 86.4 Å².